The Morgan fingerprint density at radius 2 is 1.24 bits per heavy atom. The van der Waals surface area contributed by atoms with E-state index >= 15 is 0 Å². The SMILES string of the molecule is CCOC(=O)CCC[C@H](C(=O)O)[C@@H](CCCC(=O)OCC)C(=O)CC. The lowest BCUT2D eigenvalue weighted by molar-refractivity contribution is -0.148. The third-order valence-corrected chi connectivity index (χ3v) is 3.97. The van der Waals surface area contributed by atoms with Gasteiger partial charge in [-0.05, 0) is 39.5 Å². The number of hydrogen-bond acceptors (Lipinski definition) is 6. The van der Waals surface area contributed by atoms with Crippen molar-refractivity contribution in [2.24, 2.45) is 11.8 Å². The van der Waals surface area contributed by atoms with E-state index in [0.29, 0.717) is 25.9 Å². The molecule has 0 aromatic carbocycles. The van der Waals surface area contributed by atoms with Crippen LogP contribution in [0.2, 0.25) is 0 Å². The fourth-order valence-electron chi connectivity index (χ4n) is 2.74. The first-order valence-corrected chi connectivity index (χ1v) is 8.93. The molecule has 144 valence electrons. The second-order valence-electron chi connectivity index (χ2n) is 5.77. The minimum atomic E-state index is -1.05. The largest absolute Gasteiger partial charge is 0.481 e. The van der Waals surface area contributed by atoms with Crippen molar-refractivity contribution in [2.45, 2.75) is 65.7 Å². The van der Waals surface area contributed by atoms with E-state index < -0.39 is 17.8 Å². The predicted octanol–water partition coefficient (Wildman–Crippen LogP) is 2.75. The van der Waals surface area contributed by atoms with Crippen LogP contribution in [0.5, 0.6) is 0 Å². The number of Topliss-reactive ketones (excluding diaryl/α,β-unsaturated/α-hetero) is 1. The highest BCUT2D eigenvalue weighted by Crippen LogP contribution is 2.26. The molecule has 0 bridgehead atoms. The molecule has 0 spiro atoms. The van der Waals surface area contributed by atoms with Crippen LogP contribution >= 0.6 is 0 Å². The lowest BCUT2D eigenvalue weighted by atomic mass is 9.80. The standard InChI is InChI=1S/C18H30O7/c1-4-15(19)13(9-7-11-16(20)24-5-2)14(18(22)23)10-8-12-17(21)25-6-3/h13-14H,4-12H2,1-3H3,(H,22,23)/t13-,14+/m1/s1. The second kappa shape index (κ2) is 13.4. The smallest absolute Gasteiger partial charge is 0.307 e. The molecule has 25 heavy (non-hydrogen) atoms. The molecule has 1 N–H and O–H groups in total. The number of ether oxygens (including phenoxy) is 2. The molecular weight excluding hydrogens is 328 g/mol. The Morgan fingerprint density at radius 3 is 1.60 bits per heavy atom. The normalized spacial score (nSPS) is 12.9. The number of hydrogen-bond donors (Lipinski definition) is 1. The van der Waals surface area contributed by atoms with Crippen LogP contribution in [0.25, 0.3) is 0 Å². The molecule has 0 radical (unpaired) electrons. The number of ketones is 1. The van der Waals surface area contributed by atoms with Crippen molar-refractivity contribution in [2.75, 3.05) is 13.2 Å². The van der Waals surface area contributed by atoms with Crippen molar-refractivity contribution in [1.82, 2.24) is 0 Å². The summed E-state index contributed by atoms with van der Waals surface area (Å²) in [5.74, 6) is -3.41. The van der Waals surface area contributed by atoms with Gasteiger partial charge in [0.1, 0.15) is 5.78 Å². The summed E-state index contributed by atoms with van der Waals surface area (Å²) in [5.41, 5.74) is 0. The number of carbonyl (C=O) groups is 4. The summed E-state index contributed by atoms with van der Waals surface area (Å²) >= 11 is 0. The van der Waals surface area contributed by atoms with Crippen molar-refractivity contribution >= 4 is 23.7 Å². The van der Waals surface area contributed by atoms with Crippen LogP contribution in [0.4, 0.5) is 0 Å². The van der Waals surface area contributed by atoms with Gasteiger partial charge in [0.05, 0.1) is 19.1 Å². The van der Waals surface area contributed by atoms with E-state index in [1.54, 1.807) is 20.8 Å². The van der Waals surface area contributed by atoms with Gasteiger partial charge in [-0.3, -0.25) is 19.2 Å². The number of rotatable bonds is 14. The Morgan fingerprint density at radius 1 is 0.800 bits per heavy atom. The molecule has 0 heterocycles. The molecule has 0 saturated carbocycles. The van der Waals surface area contributed by atoms with E-state index in [1.165, 1.54) is 0 Å². The van der Waals surface area contributed by atoms with Crippen LogP contribution in [0, 0.1) is 11.8 Å². The van der Waals surface area contributed by atoms with E-state index in [9.17, 15) is 24.3 Å². The molecule has 0 saturated heterocycles. The fraction of sp³-hybridized carbons (Fsp3) is 0.778. The van der Waals surface area contributed by atoms with E-state index in [-0.39, 0.29) is 50.0 Å². The zero-order valence-electron chi connectivity index (χ0n) is 15.4. The maximum absolute atomic E-state index is 12.2. The summed E-state index contributed by atoms with van der Waals surface area (Å²) in [4.78, 5) is 46.6. The van der Waals surface area contributed by atoms with Gasteiger partial charge in [-0.25, -0.2) is 0 Å². The van der Waals surface area contributed by atoms with Gasteiger partial charge in [0, 0.05) is 25.2 Å². The molecule has 0 aliphatic rings. The van der Waals surface area contributed by atoms with Crippen molar-refractivity contribution in [3.63, 3.8) is 0 Å². The summed E-state index contributed by atoms with van der Waals surface area (Å²) in [6.07, 6.45) is 1.83. The molecule has 0 amide bonds. The van der Waals surface area contributed by atoms with Crippen molar-refractivity contribution in [3.8, 4) is 0 Å². The van der Waals surface area contributed by atoms with Gasteiger partial charge in [-0.1, -0.05) is 6.92 Å². The maximum Gasteiger partial charge on any atom is 0.307 e. The average molecular weight is 358 g/mol. The molecular formula is C18H30O7. The molecule has 7 nitrogen and oxygen atoms in total. The second-order valence-corrected chi connectivity index (χ2v) is 5.77. The van der Waals surface area contributed by atoms with Crippen LogP contribution < -0.4 is 0 Å². The number of carboxylic acids is 1. The molecule has 0 aliphatic carbocycles. The third kappa shape index (κ3) is 9.84. The molecule has 7 heteroatoms. The Kier molecular flexibility index (Phi) is 12.4. The van der Waals surface area contributed by atoms with Crippen LogP contribution in [0.3, 0.4) is 0 Å². The van der Waals surface area contributed by atoms with Gasteiger partial charge in [-0.2, -0.15) is 0 Å². The minimum Gasteiger partial charge on any atom is -0.481 e. The molecule has 0 rings (SSSR count). The van der Waals surface area contributed by atoms with E-state index in [0.717, 1.165) is 0 Å². The van der Waals surface area contributed by atoms with E-state index in [1.807, 2.05) is 0 Å². The first-order valence-electron chi connectivity index (χ1n) is 8.93. The van der Waals surface area contributed by atoms with Crippen molar-refractivity contribution in [1.29, 1.82) is 0 Å². The maximum atomic E-state index is 12.2. The van der Waals surface area contributed by atoms with E-state index in [4.69, 9.17) is 9.47 Å². The zero-order valence-corrected chi connectivity index (χ0v) is 15.4. The summed E-state index contributed by atoms with van der Waals surface area (Å²) in [5, 5.41) is 9.49. The van der Waals surface area contributed by atoms with Gasteiger partial charge >= 0.3 is 17.9 Å². The Bertz CT molecular complexity index is 445. The van der Waals surface area contributed by atoms with Crippen molar-refractivity contribution < 1.29 is 33.8 Å². The first-order chi connectivity index (χ1) is 11.9. The Labute approximate surface area is 149 Å². The zero-order chi connectivity index (χ0) is 19.2. The first kappa shape index (κ1) is 23.1. The quantitative estimate of drug-likeness (QED) is 0.476. The third-order valence-electron chi connectivity index (χ3n) is 3.97. The monoisotopic (exact) mass is 358 g/mol. The van der Waals surface area contributed by atoms with Crippen LogP contribution in [0.15, 0.2) is 0 Å². The number of aliphatic carboxylic acids is 1. The summed E-state index contributed by atoms with van der Waals surface area (Å²) in [6.45, 7) is 5.69. The highest BCUT2D eigenvalue weighted by Gasteiger charge is 2.32. The summed E-state index contributed by atoms with van der Waals surface area (Å²) in [7, 11) is 0. The van der Waals surface area contributed by atoms with E-state index in [2.05, 4.69) is 0 Å². The number of esters is 2. The molecule has 0 unspecified atom stereocenters. The molecule has 0 aromatic heterocycles. The molecule has 0 fully saturated rings. The predicted molar refractivity (Wildman–Crippen MR) is 90.9 cm³/mol. The lowest BCUT2D eigenvalue weighted by Crippen LogP contribution is -2.30. The highest BCUT2D eigenvalue weighted by atomic mass is 16.5. The highest BCUT2D eigenvalue weighted by molar-refractivity contribution is 5.86. The molecule has 0 aromatic rings. The van der Waals surface area contributed by atoms with Crippen LogP contribution in [-0.4, -0.2) is 42.0 Å². The lowest BCUT2D eigenvalue weighted by Gasteiger charge is -2.22. The Balaban J connectivity index is 4.73. The van der Waals surface area contributed by atoms with Gasteiger partial charge in [0.25, 0.3) is 0 Å². The van der Waals surface area contributed by atoms with Gasteiger partial charge in [0.2, 0.25) is 0 Å². The topological polar surface area (TPSA) is 107 Å². The summed E-state index contributed by atoms with van der Waals surface area (Å²) < 4.78 is 9.66. The van der Waals surface area contributed by atoms with Crippen LogP contribution in [0.1, 0.15) is 65.7 Å². The molecule has 2 atom stereocenters. The van der Waals surface area contributed by atoms with Gasteiger partial charge in [0.15, 0.2) is 0 Å². The van der Waals surface area contributed by atoms with Crippen LogP contribution in [-0.2, 0) is 28.7 Å². The minimum absolute atomic E-state index is 0.132. The summed E-state index contributed by atoms with van der Waals surface area (Å²) in [6, 6.07) is 0. The molecule has 0 aliphatic heterocycles. The Hall–Kier alpha value is -1.92. The van der Waals surface area contributed by atoms with Crippen molar-refractivity contribution in [3.05, 3.63) is 0 Å². The average Bonchev–Trinajstić information content (AvgIpc) is 2.56. The van der Waals surface area contributed by atoms with Gasteiger partial charge in [-0.15, -0.1) is 0 Å². The number of carboxylic acid groups (broad SMARTS) is 1. The van der Waals surface area contributed by atoms with Gasteiger partial charge < -0.3 is 14.6 Å². The fourth-order valence-corrected chi connectivity index (χ4v) is 2.74. The number of carbonyl (C=O) groups excluding carboxylic acids is 3.